The second kappa shape index (κ2) is 6.14. The van der Waals surface area contributed by atoms with Crippen LogP contribution in [-0.2, 0) is 11.2 Å². The Morgan fingerprint density at radius 3 is 2.93 bits per heavy atom. The van der Waals surface area contributed by atoms with Crippen LogP contribution in [0.4, 0.5) is 4.39 Å². The lowest BCUT2D eigenvalue weighted by atomic mass is 10.1. The predicted octanol–water partition coefficient (Wildman–Crippen LogP) is 3.17. The van der Waals surface area contributed by atoms with Crippen molar-refractivity contribution in [2.75, 3.05) is 13.7 Å². The van der Waals surface area contributed by atoms with Gasteiger partial charge in [-0.15, -0.1) is 0 Å². The van der Waals surface area contributed by atoms with Crippen LogP contribution in [0, 0.1) is 5.82 Å². The number of alkyl halides is 1. The minimum absolute atomic E-state index is 0.172. The molecule has 1 nitrogen and oxygen atoms in total. The van der Waals surface area contributed by atoms with Crippen LogP contribution < -0.4 is 0 Å². The van der Waals surface area contributed by atoms with Gasteiger partial charge in [0, 0.05) is 18.5 Å². The van der Waals surface area contributed by atoms with E-state index in [2.05, 4.69) is 15.9 Å². The zero-order valence-electron chi connectivity index (χ0n) is 8.17. The van der Waals surface area contributed by atoms with E-state index in [-0.39, 0.29) is 5.82 Å². The van der Waals surface area contributed by atoms with Gasteiger partial charge in [-0.3, -0.25) is 0 Å². The molecule has 0 amide bonds. The summed E-state index contributed by atoms with van der Waals surface area (Å²) in [6.07, 6.45) is 1.77. The van der Waals surface area contributed by atoms with E-state index < -0.39 is 0 Å². The fourth-order valence-electron chi connectivity index (χ4n) is 1.27. The molecule has 3 heteroatoms. The van der Waals surface area contributed by atoms with Gasteiger partial charge in [0.1, 0.15) is 5.82 Å². The molecule has 0 heterocycles. The van der Waals surface area contributed by atoms with Crippen molar-refractivity contribution in [3.05, 3.63) is 35.6 Å². The van der Waals surface area contributed by atoms with Gasteiger partial charge < -0.3 is 4.74 Å². The molecule has 0 saturated heterocycles. The van der Waals surface area contributed by atoms with Crippen molar-refractivity contribution in [3.8, 4) is 0 Å². The topological polar surface area (TPSA) is 9.23 Å². The maximum absolute atomic E-state index is 12.8. The molecule has 0 saturated carbocycles. The fourth-order valence-corrected chi connectivity index (χ4v) is 1.83. The van der Waals surface area contributed by atoms with E-state index in [1.54, 1.807) is 19.2 Å². The van der Waals surface area contributed by atoms with E-state index in [9.17, 15) is 4.39 Å². The van der Waals surface area contributed by atoms with Gasteiger partial charge in [-0.25, -0.2) is 4.39 Å². The van der Waals surface area contributed by atoms with Crippen molar-refractivity contribution in [1.29, 1.82) is 0 Å². The van der Waals surface area contributed by atoms with Crippen molar-refractivity contribution >= 4 is 15.9 Å². The van der Waals surface area contributed by atoms with E-state index in [1.165, 1.54) is 6.07 Å². The number of rotatable bonds is 5. The first-order valence-corrected chi connectivity index (χ1v) is 5.51. The van der Waals surface area contributed by atoms with Crippen LogP contribution in [0.1, 0.15) is 12.0 Å². The number of halogens is 2. The molecule has 0 spiro atoms. The van der Waals surface area contributed by atoms with Gasteiger partial charge in [0.2, 0.25) is 0 Å². The van der Waals surface area contributed by atoms with Crippen LogP contribution in [0.2, 0.25) is 0 Å². The highest BCUT2D eigenvalue weighted by Crippen LogP contribution is 2.14. The van der Waals surface area contributed by atoms with Gasteiger partial charge >= 0.3 is 0 Å². The summed E-state index contributed by atoms with van der Waals surface area (Å²) in [6.45, 7) is 0.727. The molecule has 0 aliphatic rings. The molecule has 0 aliphatic heterocycles. The standard InChI is InChI=1S/C11H14BrFO/c1-14-6-5-10(12)7-9-3-2-4-11(13)8-9/h2-4,8,10H,5-7H2,1H3. The van der Waals surface area contributed by atoms with Crippen molar-refractivity contribution in [2.24, 2.45) is 0 Å². The summed E-state index contributed by atoms with van der Waals surface area (Å²) >= 11 is 3.54. The molecule has 78 valence electrons. The van der Waals surface area contributed by atoms with Crippen LogP contribution in [-0.4, -0.2) is 18.5 Å². The smallest absolute Gasteiger partial charge is 0.123 e. The summed E-state index contributed by atoms with van der Waals surface area (Å²) < 4.78 is 17.8. The third-order valence-corrected chi connectivity index (χ3v) is 2.76. The van der Waals surface area contributed by atoms with Gasteiger partial charge in [0.25, 0.3) is 0 Å². The number of hydrogen-bond donors (Lipinski definition) is 0. The Bertz CT molecular complexity index is 278. The van der Waals surface area contributed by atoms with Crippen LogP contribution in [0.5, 0.6) is 0 Å². The molecular weight excluding hydrogens is 247 g/mol. The quantitative estimate of drug-likeness (QED) is 0.740. The summed E-state index contributed by atoms with van der Waals surface area (Å²) in [5.41, 5.74) is 1.02. The third-order valence-electron chi connectivity index (χ3n) is 1.98. The van der Waals surface area contributed by atoms with Gasteiger partial charge in [0.05, 0.1) is 0 Å². The second-order valence-corrected chi connectivity index (χ2v) is 4.51. The maximum atomic E-state index is 12.8. The van der Waals surface area contributed by atoms with E-state index in [0.717, 1.165) is 25.0 Å². The average Bonchev–Trinajstić information content (AvgIpc) is 2.15. The van der Waals surface area contributed by atoms with Crippen molar-refractivity contribution in [3.63, 3.8) is 0 Å². The largest absolute Gasteiger partial charge is 0.385 e. The molecule has 0 aromatic heterocycles. The monoisotopic (exact) mass is 260 g/mol. The zero-order chi connectivity index (χ0) is 10.4. The molecule has 0 aliphatic carbocycles. The van der Waals surface area contributed by atoms with Crippen molar-refractivity contribution in [2.45, 2.75) is 17.7 Å². The van der Waals surface area contributed by atoms with Gasteiger partial charge in [-0.05, 0) is 30.5 Å². The molecule has 0 radical (unpaired) electrons. The summed E-state index contributed by atoms with van der Waals surface area (Å²) in [4.78, 5) is 0.351. The minimum Gasteiger partial charge on any atom is -0.385 e. The van der Waals surface area contributed by atoms with E-state index in [1.807, 2.05) is 6.07 Å². The number of hydrogen-bond acceptors (Lipinski definition) is 1. The highest BCUT2D eigenvalue weighted by atomic mass is 79.9. The SMILES string of the molecule is COCCC(Br)Cc1cccc(F)c1. The molecule has 1 aromatic rings. The molecule has 1 rings (SSSR count). The normalized spacial score (nSPS) is 12.8. The third kappa shape index (κ3) is 4.20. The Kier molecular flexibility index (Phi) is 5.12. The molecule has 1 aromatic carbocycles. The van der Waals surface area contributed by atoms with Crippen LogP contribution in [0.15, 0.2) is 24.3 Å². The van der Waals surface area contributed by atoms with Crippen LogP contribution in [0.3, 0.4) is 0 Å². The molecule has 0 N–H and O–H groups in total. The number of ether oxygens (including phenoxy) is 1. The van der Waals surface area contributed by atoms with Gasteiger partial charge in [-0.1, -0.05) is 28.1 Å². The predicted molar refractivity (Wildman–Crippen MR) is 59.3 cm³/mol. The highest BCUT2D eigenvalue weighted by molar-refractivity contribution is 9.09. The molecule has 1 atom stereocenters. The number of methoxy groups -OCH3 is 1. The Morgan fingerprint density at radius 1 is 1.50 bits per heavy atom. The highest BCUT2D eigenvalue weighted by Gasteiger charge is 2.05. The minimum atomic E-state index is -0.172. The Morgan fingerprint density at radius 2 is 2.29 bits per heavy atom. The second-order valence-electron chi connectivity index (χ2n) is 3.21. The number of benzene rings is 1. The first-order chi connectivity index (χ1) is 6.72. The summed E-state index contributed by atoms with van der Waals surface area (Å²) in [5.74, 6) is -0.172. The fraction of sp³-hybridized carbons (Fsp3) is 0.455. The summed E-state index contributed by atoms with van der Waals surface area (Å²) in [5, 5.41) is 0. The Labute approximate surface area is 92.4 Å². The van der Waals surface area contributed by atoms with E-state index in [0.29, 0.717) is 4.83 Å². The first kappa shape index (κ1) is 11.7. The molecule has 0 bridgehead atoms. The van der Waals surface area contributed by atoms with Gasteiger partial charge in [0.15, 0.2) is 0 Å². The average molecular weight is 261 g/mol. The lowest BCUT2D eigenvalue weighted by molar-refractivity contribution is 0.194. The molecule has 1 unspecified atom stereocenters. The summed E-state index contributed by atoms with van der Waals surface area (Å²) in [6, 6.07) is 6.70. The van der Waals surface area contributed by atoms with E-state index >= 15 is 0 Å². The van der Waals surface area contributed by atoms with Crippen LogP contribution >= 0.6 is 15.9 Å². The van der Waals surface area contributed by atoms with Crippen molar-refractivity contribution in [1.82, 2.24) is 0 Å². The zero-order valence-corrected chi connectivity index (χ0v) is 9.76. The molecule has 14 heavy (non-hydrogen) atoms. The first-order valence-electron chi connectivity index (χ1n) is 4.60. The molecule has 0 fully saturated rings. The van der Waals surface area contributed by atoms with Crippen LogP contribution in [0.25, 0.3) is 0 Å². The Hall–Kier alpha value is -0.410. The van der Waals surface area contributed by atoms with Crippen molar-refractivity contribution < 1.29 is 9.13 Å². The van der Waals surface area contributed by atoms with E-state index in [4.69, 9.17) is 4.74 Å². The molecular formula is C11H14BrFO. The van der Waals surface area contributed by atoms with Gasteiger partial charge in [-0.2, -0.15) is 0 Å². The lowest BCUT2D eigenvalue weighted by Crippen LogP contribution is -2.06. The lowest BCUT2D eigenvalue weighted by Gasteiger charge is -2.08. The summed E-state index contributed by atoms with van der Waals surface area (Å²) in [7, 11) is 1.68. The Balaban J connectivity index is 2.43. The maximum Gasteiger partial charge on any atom is 0.123 e.